The molecule has 0 spiro atoms. The van der Waals surface area contributed by atoms with E-state index >= 15 is 0 Å². The van der Waals surface area contributed by atoms with E-state index in [4.69, 9.17) is 10.6 Å². The Morgan fingerprint density at radius 1 is 1.64 bits per heavy atom. The Bertz CT molecular complexity index is 218. The molecular formula is C9H19N3O2. The number of hydrogen-bond acceptors (Lipinski definition) is 4. The van der Waals surface area contributed by atoms with Gasteiger partial charge in [0.15, 0.2) is 0 Å². The molecule has 82 valence electrons. The average molecular weight is 201 g/mol. The molecule has 0 aliphatic carbocycles. The number of nitrogens with two attached hydrogens (primary N) is 1. The van der Waals surface area contributed by atoms with Crippen molar-refractivity contribution in [2.24, 2.45) is 5.84 Å². The Balaban J connectivity index is 2.56. The van der Waals surface area contributed by atoms with Gasteiger partial charge in [0.25, 0.3) is 5.91 Å². The second-order valence-corrected chi connectivity index (χ2v) is 4.26. The fourth-order valence-corrected chi connectivity index (χ4v) is 1.67. The van der Waals surface area contributed by atoms with E-state index < -0.39 is 0 Å². The molecule has 0 aromatic rings. The standard InChI is InChI=1S/C9H19N3O2/c1-7(8(13)11-10)12-4-5-14-9(2,3)6-12/h7H,4-6,10H2,1-3H3,(H,11,13). The molecule has 14 heavy (non-hydrogen) atoms. The van der Waals surface area contributed by atoms with E-state index in [0.717, 1.165) is 13.1 Å². The van der Waals surface area contributed by atoms with E-state index in [-0.39, 0.29) is 17.6 Å². The van der Waals surface area contributed by atoms with Crippen LogP contribution in [0.4, 0.5) is 0 Å². The highest BCUT2D eigenvalue weighted by Crippen LogP contribution is 2.18. The number of carbonyl (C=O) groups is 1. The van der Waals surface area contributed by atoms with Crippen LogP contribution >= 0.6 is 0 Å². The number of carbonyl (C=O) groups excluding carboxylic acids is 1. The van der Waals surface area contributed by atoms with Gasteiger partial charge < -0.3 is 4.74 Å². The number of nitrogens with zero attached hydrogens (tertiary/aromatic N) is 1. The molecule has 0 aromatic carbocycles. The second-order valence-electron chi connectivity index (χ2n) is 4.26. The topological polar surface area (TPSA) is 67.6 Å². The minimum atomic E-state index is -0.192. The first kappa shape index (κ1) is 11.4. The molecule has 0 bridgehead atoms. The van der Waals surface area contributed by atoms with Crippen LogP contribution in [0.15, 0.2) is 0 Å². The summed E-state index contributed by atoms with van der Waals surface area (Å²) < 4.78 is 5.55. The lowest BCUT2D eigenvalue weighted by Crippen LogP contribution is -2.56. The van der Waals surface area contributed by atoms with Gasteiger partial charge in [0, 0.05) is 13.1 Å². The highest BCUT2D eigenvalue weighted by atomic mass is 16.5. The molecule has 5 nitrogen and oxygen atoms in total. The lowest BCUT2D eigenvalue weighted by atomic mass is 10.1. The van der Waals surface area contributed by atoms with Gasteiger partial charge >= 0.3 is 0 Å². The summed E-state index contributed by atoms with van der Waals surface area (Å²) in [4.78, 5) is 13.4. The van der Waals surface area contributed by atoms with E-state index in [1.165, 1.54) is 0 Å². The minimum Gasteiger partial charge on any atom is -0.373 e. The van der Waals surface area contributed by atoms with Gasteiger partial charge in [0.2, 0.25) is 0 Å². The maximum atomic E-state index is 11.3. The molecule has 1 atom stereocenters. The van der Waals surface area contributed by atoms with Crippen molar-refractivity contribution >= 4 is 5.91 Å². The summed E-state index contributed by atoms with van der Waals surface area (Å²) in [6.45, 7) is 8.08. The van der Waals surface area contributed by atoms with Gasteiger partial charge in [-0.2, -0.15) is 0 Å². The van der Waals surface area contributed by atoms with Crippen molar-refractivity contribution in [1.29, 1.82) is 0 Å². The van der Waals surface area contributed by atoms with Crippen LogP contribution < -0.4 is 11.3 Å². The third kappa shape index (κ3) is 2.67. The van der Waals surface area contributed by atoms with E-state index in [1.807, 2.05) is 20.8 Å². The van der Waals surface area contributed by atoms with Crippen LogP contribution in [0, 0.1) is 0 Å². The van der Waals surface area contributed by atoms with Crippen molar-refractivity contribution in [3.8, 4) is 0 Å². The molecule has 3 N–H and O–H groups in total. The molecule has 1 saturated heterocycles. The highest BCUT2D eigenvalue weighted by Gasteiger charge is 2.31. The maximum Gasteiger partial charge on any atom is 0.250 e. The molecule has 0 aromatic heterocycles. The second kappa shape index (κ2) is 4.25. The summed E-state index contributed by atoms with van der Waals surface area (Å²) in [5, 5.41) is 0. The van der Waals surface area contributed by atoms with Crippen molar-refractivity contribution in [2.75, 3.05) is 19.7 Å². The first-order valence-electron chi connectivity index (χ1n) is 4.85. The smallest absolute Gasteiger partial charge is 0.250 e. The van der Waals surface area contributed by atoms with E-state index in [2.05, 4.69) is 10.3 Å². The van der Waals surface area contributed by atoms with Crippen LogP contribution in [0.25, 0.3) is 0 Å². The van der Waals surface area contributed by atoms with E-state index in [0.29, 0.717) is 6.61 Å². The summed E-state index contributed by atoms with van der Waals surface area (Å²) >= 11 is 0. The molecule has 1 fully saturated rings. The number of rotatable bonds is 2. The van der Waals surface area contributed by atoms with Crippen molar-refractivity contribution in [1.82, 2.24) is 10.3 Å². The van der Waals surface area contributed by atoms with Crippen molar-refractivity contribution in [3.05, 3.63) is 0 Å². The molecule has 1 aliphatic rings. The Morgan fingerprint density at radius 3 is 2.79 bits per heavy atom. The van der Waals surface area contributed by atoms with Crippen molar-refractivity contribution < 1.29 is 9.53 Å². The minimum absolute atomic E-state index is 0.150. The molecular weight excluding hydrogens is 182 g/mol. The molecule has 1 heterocycles. The number of nitrogens with one attached hydrogen (secondary N) is 1. The Morgan fingerprint density at radius 2 is 2.29 bits per heavy atom. The third-order valence-corrected chi connectivity index (χ3v) is 2.52. The zero-order valence-electron chi connectivity index (χ0n) is 9.04. The van der Waals surface area contributed by atoms with Crippen molar-refractivity contribution in [2.45, 2.75) is 32.4 Å². The lowest BCUT2D eigenvalue weighted by Gasteiger charge is -2.40. The fourth-order valence-electron chi connectivity index (χ4n) is 1.67. The van der Waals surface area contributed by atoms with Crippen molar-refractivity contribution in [3.63, 3.8) is 0 Å². The summed E-state index contributed by atoms with van der Waals surface area (Å²) in [5.41, 5.74) is 1.99. The quantitative estimate of drug-likeness (QED) is 0.358. The monoisotopic (exact) mass is 201 g/mol. The molecule has 0 radical (unpaired) electrons. The van der Waals surface area contributed by atoms with Gasteiger partial charge in [-0.15, -0.1) is 0 Å². The van der Waals surface area contributed by atoms with Gasteiger partial charge in [-0.1, -0.05) is 0 Å². The van der Waals surface area contributed by atoms with Crippen LogP contribution in [-0.4, -0.2) is 42.1 Å². The number of hydrogen-bond donors (Lipinski definition) is 2. The Labute approximate surface area is 84.5 Å². The van der Waals surface area contributed by atoms with E-state index in [1.54, 1.807) is 0 Å². The lowest BCUT2D eigenvalue weighted by molar-refractivity contribution is -0.134. The van der Waals surface area contributed by atoms with E-state index in [9.17, 15) is 4.79 Å². The molecule has 1 rings (SSSR count). The van der Waals surface area contributed by atoms with Crippen LogP contribution in [0.1, 0.15) is 20.8 Å². The summed E-state index contributed by atoms with van der Waals surface area (Å²) in [6, 6.07) is -0.192. The summed E-state index contributed by atoms with van der Waals surface area (Å²) in [5.74, 6) is 4.94. The zero-order chi connectivity index (χ0) is 10.8. The number of amides is 1. The number of morpholine rings is 1. The predicted octanol–water partition coefficient (Wildman–Crippen LogP) is -0.524. The largest absolute Gasteiger partial charge is 0.373 e. The third-order valence-electron chi connectivity index (χ3n) is 2.52. The van der Waals surface area contributed by atoms with Crippen LogP contribution in [0.3, 0.4) is 0 Å². The molecule has 5 heteroatoms. The van der Waals surface area contributed by atoms with Crippen LogP contribution in [0.2, 0.25) is 0 Å². The van der Waals surface area contributed by atoms with Gasteiger partial charge in [0.05, 0.1) is 18.2 Å². The summed E-state index contributed by atoms with van der Waals surface area (Å²) in [6.07, 6.45) is 0. The van der Waals surface area contributed by atoms with Gasteiger partial charge in [-0.3, -0.25) is 15.1 Å². The first-order chi connectivity index (χ1) is 6.46. The maximum absolute atomic E-state index is 11.3. The Hall–Kier alpha value is -0.650. The first-order valence-corrected chi connectivity index (χ1v) is 4.85. The van der Waals surface area contributed by atoms with Crippen LogP contribution in [-0.2, 0) is 9.53 Å². The van der Waals surface area contributed by atoms with Gasteiger partial charge in [-0.25, -0.2) is 5.84 Å². The van der Waals surface area contributed by atoms with Gasteiger partial charge in [-0.05, 0) is 20.8 Å². The molecule has 1 aliphatic heterocycles. The SMILES string of the molecule is CC(C(=O)NN)N1CCOC(C)(C)C1. The molecule has 1 amide bonds. The van der Waals surface area contributed by atoms with Gasteiger partial charge in [0.1, 0.15) is 0 Å². The van der Waals surface area contributed by atoms with Crippen LogP contribution in [0.5, 0.6) is 0 Å². The fraction of sp³-hybridized carbons (Fsp3) is 0.889. The molecule has 0 saturated carbocycles. The number of ether oxygens (including phenoxy) is 1. The highest BCUT2D eigenvalue weighted by molar-refractivity contribution is 5.80. The summed E-state index contributed by atoms with van der Waals surface area (Å²) in [7, 11) is 0. The normalized spacial score (nSPS) is 24.3. The Kier molecular flexibility index (Phi) is 3.47. The molecule has 1 unspecified atom stereocenters. The zero-order valence-corrected chi connectivity index (χ0v) is 9.04. The average Bonchev–Trinajstić information content (AvgIpc) is 2.14. The predicted molar refractivity (Wildman–Crippen MR) is 53.4 cm³/mol. The number of hydrazine groups is 1.